The molecule has 0 radical (unpaired) electrons. The van der Waals surface area contributed by atoms with Crippen LogP contribution in [0.3, 0.4) is 0 Å². The van der Waals surface area contributed by atoms with Gasteiger partial charge >= 0.3 is 8.60 Å². The van der Waals surface area contributed by atoms with Crippen LogP contribution in [0, 0.1) is 0 Å². The van der Waals surface area contributed by atoms with Crippen LogP contribution in [-0.2, 0) is 13.6 Å². The van der Waals surface area contributed by atoms with Gasteiger partial charge in [-0.1, -0.05) is 0 Å². The highest BCUT2D eigenvalue weighted by molar-refractivity contribution is 7.42. The molecular formula is C4H8O3P+. The van der Waals surface area contributed by atoms with Crippen molar-refractivity contribution in [3.05, 3.63) is 0 Å². The molecule has 2 saturated heterocycles. The van der Waals surface area contributed by atoms with Crippen LogP contribution in [0.2, 0.25) is 0 Å². The topological polar surface area (TPSA) is 27.7 Å². The van der Waals surface area contributed by atoms with Crippen molar-refractivity contribution in [1.82, 2.24) is 0 Å². The first-order chi connectivity index (χ1) is 3.79. The molecule has 2 heterocycles. The summed E-state index contributed by atoms with van der Waals surface area (Å²) in [6.45, 7) is 3.46. The lowest BCUT2D eigenvalue weighted by Crippen LogP contribution is -2.29. The van der Waals surface area contributed by atoms with E-state index in [1.54, 1.807) is 0 Å². The van der Waals surface area contributed by atoms with Crippen molar-refractivity contribution in [1.29, 1.82) is 0 Å². The summed E-state index contributed by atoms with van der Waals surface area (Å²) in [5.74, 6) is 0. The molecule has 0 saturated carbocycles. The van der Waals surface area contributed by atoms with Crippen molar-refractivity contribution in [2.24, 2.45) is 0 Å². The molecule has 2 aliphatic heterocycles. The van der Waals surface area contributed by atoms with E-state index in [-0.39, 0.29) is 5.60 Å². The highest BCUT2D eigenvalue weighted by Gasteiger charge is 2.53. The smallest absolute Gasteiger partial charge is 0.176 e. The van der Waals surface area contributed by atoms with Crippen molar-refractivity contribution in [3.8, 4) is 0 Å². The van der Waals surface area contributed by atoms with Gasteiger partial charge in [0.25, 0.3) is 0 Å². The molecule has 3 nitrogen and oxygen atoms in total. The maximum atomic E-state index is 5.32. The molecule has 46 valence electrons. The normalized spacial score (nSPS) is 52.9. The van der Waals surface area contributed by atoms with Gasteiger partial charge in [0.05, 0.1) is 0 Å². The molecule has 0 aromatic heterocycles. The van der Waals surface area contributed by atoms with E-state index >= 15 is 0 Å². The van der Waals surface area contributed by atoms with Gasteiger partial charge in [-0.15, -0.1) is 0 Å². The summed E-state index contributed by atoms with van der Waals surface area (Å²) in [7, 11) is -1.24. The number of fused-ring (bicyclic) bond motifs is 2. The Morgan fingerprint density at radius 2 is 2.00 bits per heavy atom. The molecule has 0 spiro atoms. The van der Waals surface area contributed by atoms with Crippen molar-refractivity contribution < 1.29 is 13.6 Å². The van der Waals surface area contributed by atoms with Gasteiger partial charge in [0.15, 0.2) is 5.60 Å². The minimum Gasteiger partial charge on any atom is -0.176 e. The van der Waals surface area contributed by atoms with Crippen molar-refractivity contribution >= 4 is 8.60 Å². The zero-order valence-corrected chi connectivity index (χ0v) is 5.64. The maximum Gasteiger partial charge on any atom is 0.398 e. The van der Waals surface area contributed by atoms with Crippen LogP contribution in [0.4, 0.5) is 0 Å². The van der Waals surface area contributed by atoms with Gasteiger partial charge in [-0.3, -0.25) is 0 Å². The molecule has 2 bridgehead atoms. The van der Waals surface area contributed by atoms with Crippen LogP contribution in [-0.4, -0.2) is 18.8 Å². The predicted octanol–water partition coefficient (Wildman–Crippen LogP) is 0.781. The molecule has 0 aromatic carbocycles. The van der Waals surface area contributed by atoms with E-state index in [1.165, 1.54) is 0 Å². The molecule has 2 aliphatic rings. The summed E-state index contributed by atoms with van der Waals surface area (Å²) < 4.78 is 15.5. The van der Waals surface area contributed by atoms with E-state index in [1.807, 2.05) is 6.92 Å². The summed E-state index contributed by atoms with van der Waals surface area (Å²) in [5, 5.41) is 0. The van der Waals surface area contributed by atoms with Crippen molar-refractivity contribution in [2.75, 3.05) is 13.2 Å². The van der Waals surface area contributed by atoms with Crippen LogP contribution < -0.4 is 0 Å². The van der Waals surface area contributed by atoms with Gasteiger partial charge in [-0.25, -0.2) is 0 Å². The van der Waals surface area contributed by atoms with E-state index < -0.39 is 8.60 Å². The second-order valence-corrected chi connectivity index (χ2v) is 3.66. The van der Waals surface area contributed by atoms with Crippen molar-refractivity contribution in [3.63, 3.8) is 0 Å². The molecule has 0 aromatic rings. The second-order valence-electron chi connectivity index (χ2n) is 2.38. The fourth-order valence-electron chi connectivity index (χ4n) is 0.826. The van der Waals surface area contributed by atoms with Crippen LogP contribution in [0.25, 0.3) is 0 Å². The Labute approximate surface area is 48.9 Å². The van der Waals surface area contributed by atoms with Crippen LogP contribution in [0.1, 0.15) is 6.92 Å². The van der Waals surface area contributed by atoms with Crippen LogP contribution in [0.5, 0.6) is 0 Å². The number of hydrogen-bond acceptors (Lipinski definition) is 3. The number of rotatable bonds is 0. The highest BCUT2D eigenvalue weighted by Crippen LogP contribution is 2.56. The summed E-state index contributed by atoms with van der Waals surface area (Å²) in [4.78, 5) is 0. The van der Waals surface area contributed by atoms with Gasteiger partial charge in [0.2, 0.25) is 0 Å². The van der Waals surface area contributed by atoms with Crippen molar-refractivity contribution in [2.45, 2.75) is 12.5 Å². The fourth-order valence-corrected chi connectivity index (χ4v) is 2.39. The molecule has 0 aliphatic carbocycles. The molecule has 2 fully saturated rings. The maximum absolute atomic E-state index is 5.32. The summed E-state index contributed by atoms with van der Waals surface area (Å²) in [5.41, 5.74) is -0.0890. The van der Waals surface area contributed by atoms with Gasteiger partial charge in [0, 0.05) is 0 Å². The average Bonchev–Trinajstić information content (AvgIpc) is 2.21. The van der Waals surface area contributed by atoms with Gasteiger partial charge in [0.1, 0.15) is 13.2 Å². The third kappa shape index (κ3) is 0.594. The van der Waals surface area contributed by atoms with Gasteiger partial charge < -0.3 is 0 Å². The average molecular weight is 135 g/mol. The quantitative estimate of drug-likeness (QED) is 0.459. The van der Waals surface area contributed by atoms with Crippen LogP contribution >= 0.6 is 8.60 Å². The lowest BCUT2D eigenvalue weighted by molar-refractivity contribution is 0.0905. The third-order valence-electron chi connectivity index (χ3n) is 1.32. The first kappa shape index (κ1) is 5.12. The zero-order chi connectivity index (χ0) is 5.61. The molecule has 0 unspecified atom stereocenters. The highest BCUT2D eigenvalue weighted by atomic mass is 31.2. The number of hydrogen-bond donors (Lipinski definition) is 0. The van der Waals surface area contributed by atoms with Crippen LogP contribution in [0.15, 0.2) is 0 Å². The Balaban J connectivity index is 2.19. The Bertz CT molecular complexity index is 108. The molecular weight excluding hydrogens is 127 g/mol. The molecule has 0 N–H and O–H groups in total. The Hall–Kier alpha value is 0.310. The summed E-state index contributed by atoms with van der Waals surface area (Å²) >= 11 is 0. The zero-order valence-electron chi connectivity index (χ0n) is 4.64. The minimum absolute atomic E-state index is 0.0890. The second kappa shape index (κ2) is 1.42. The van der Waals surface area contributed by atoms with E-state index in [9.17, 15) is 0 Å². The van der Waals surface area contributed by atoms with Gasteiger partial charge in [-0.2, -0.15) is 13.6 Å². The molecule has 8 heavy (non-hydrogen) atoms. The lowest BCUT2D eigenvalue weighted by atomic mass is 10.1. The van der Waals surface area contributed by atoms with E-state index in [4.69, 9.17) is 13.6 Å². The van der Waals surface area contributed by atoms with E-state index in [2.05, 4.69) is 0 Å². The molecule has 0 amide bonds. The third-order valence-corrected chi connectivity index (χ3v) is 2.74. The molecule has 4 heteroatoms. The first-order valence-corrected chi connectivity index (χ1v) is 3.83. The predicted molar refractivity (Wildman–Crippen MR) is 29.7 cm³/mol. The summed E-state index contributed by atoms with van der Waals surface area (Å²) in [6.07, 6.45) is 0. The van der Waals surface area contributed by atoms with E-state index in [0.29, 0.717) is 0 Å². The standard InChI is InChI=1S/C4H8O3P/c1-4-2-5-8(7-4)6-3-4/h8H,2-3H2,1H3/q+1. The largest absolute Gasteiger partial charge is 0.398 e. The summed E-state index contributed by atoms with van der Waals surface area (Å²) in [6, 6.07) is 0. The first-order valence-electron chi connectivity index (χ1n) is 2.60. The lowest BCUT2D eigenvalue weighted by Gasteiger charge is -2.06. The minimum atomic E-state index is -1.24. The van der Waals surface area contributed by atoms with E-state index in [0.717, 1.165) is 13.2 Å². The fraction of sp³-hybridized carbons (Fsp3) is 1.00. The Kier molecular flexibility index (Phi) is 0.910. The SMILES string of the molecule is CC12CO[PH+](OC1)O2. The Morgan fingerprint density at radius 1 is 1.38 bits per heavy atom. The Morgan fingerprint density at radius 3 is 2.12 bits per heavy atom. The van der Waals surface area contributed by atoms with Gasteiger partial charge in [-0.05, 0) is 6.92 Å². The monoisotopic (exact) mass is 135 g/mol. The molecule has 0 atom stereocenters. The molecule has 2 rings (SSSR count).